The van der Waals surface area contributed by atoms with Crippen LogP contribution in [0.25, 0.3) is 5.69 Å². The summed E-state index contributed by atoms with van der Waals surface area (Å²) in [6, 6.07) is 7.54. The van der Waals surface area contributed by atoms with Crippen molar-refractivity contribution in [2.75, 3.05) is 13.2 Å². The van der Waals surface area contributed by atoms with Crippen LogP contribution >= 0.6 is 15.9 Å². The van der Waals surface area contributed by atoms with E-state index in [1.807, 2.05) is 0 Å². The van der Waals surface area contributed by atoms with Crippen LogP contribution in [0.3, 0.4) is 0 Å². The third-order valence-corrected chi connectivity index (χ3v) is 3.43. The number of benzene rings is 1. The molecule has 1 aromatic carbocycles. The van der Waals surface area contributed by atoms with E-state index in [-0.39, 0.29) is 18.8 Å². The number of hydrogen-bond donors (Lipinski definition) is 2. The van der Waals surface area contributed by atoms with Gasteiger partial charge in [-0.05, 0) is 31.2 Å². The topological polar surface area (TPSA) is 111 Å². The second-order valence-corrected chi connectivity index (χ2v) is 5.51. The SMILES string of the molecule is CCOC(=O)CNC(=O)c1nn(-c2ccc(Br)cc2)c(=O)cc1O. The average Bonchev–Trinajstić information content (AvgIpc) is 2.54. The largest absolute Gasteiger partial charge is 0.505 e. The fraction of sp³-hybridized carbons (Fsp3) is 0.200. The van der Waals surface area contributed by atoms with Gasteiger partial charge in [0.1, 0.15) is 6.54 Å². The van der Waals surface area contributed by atoms with E-state index in [9.17, 15) is 19.5 Å². The molecule has 0 aliphatic rings. The zero-order chi connectivity index (χ0) is 17.7. The summed E-state index contributed by atoms with van der Waals surface area (Å²) in [4.78, 5) is 35.3. The van der Waals surface area contributed by atoms with E-state index in [4.69, 9.17) is 0 Å². The number of hydrogen-bond acceptors (Lipinski definition) is 6. The van der Waals surface area contributed by atoms with Crippen LogP contribution in [-0.4, -0.2) is 39.9 Å². The Morgan fingerprint density at radius 3 is 2.62 bits per heavy atom. The van der Waals surface area contributed by atoms with Crippen molar-refractivity contribution in [1.82, 2.24) is 15.1 Å². The molecule has 0 bridgehead atoms. The summed E-state index contributed by atoms with van der Waals surface area (Å²) in [5.74, 6) is -1.99. The first-order chi connectivity index (χ1) is 11.4. The molecule has 24 heavy (non-hydrogen) atoms. The molecule has 0 radical (unpaired) electrons. The molecule has 0 aliphatic heterocycles. The van der Waals surface area contributed by atoms with E-state index in [2.05, 4.69) is 31.1 Å². The van der Waals surface area contributed by atoms with Crippen molar-refractivity contribution in [2.45, 2.75) is 6.92 Å². The smallest absolute Gasteiger partial charge is 0.325 e. The standard InChI is InChI=1S/C15H14BrN3O5/c1-2-24-13(22)8-17-15(23)14-11(20)7-12(21)19(18-14)10-5-3-9(16)4-6-10/h3-7,20H,2,8H2,1H3,(H,17,23). The first-order valence-electron chi connectivity index (χ1n) is 6.95. The van der Waals surface area contributed by atoms with Gasteiger partial charge in [0.15, 0.2) is 11.4 Å². The number of aromatic nitrogens is 2. The molecule has 1 heterocycles. The minimum atomic E-state index is -0.800. The van der Waals surface area contributed by atoms with Crippen molar-refractivity contribution < 1.29 is 19.4 Å². The maximum absolute atomic E-state index is 12.1. The molecule has 0 aliphatic carbocycles. The molecule has 0 atom stereocenters. The van der Waals surface area contributed by atoms with E-state index in [1.165, 1.54) is 0 Å². The van der Waals surface area contributed by atoms with Gasteiger partial charge in [-0.15, -0.1) is 0 Å². The molecule has 0 fully saturated rings. The number of amides is 1. The average molecular weight is 396 g/mol. The van der Waals surface area contributed by atoms with Gasteiger partial charge in [0, 0.05) is 10.5 Å². The molecule has 8 nitrogen and oxygen atoms in total. The molecule has 126 valence electrons. The lowest BCUT2D eigenvalue weighted by Crippen LogP contribution is -2.33. The van der Waals surface area contributed by atoms with Crippen LogP contribution in [0.15, 0.2) is 39.6 Å². The molecule has 2 aromatic rings. The number of carbonyl (C=O) groups excluding carboxylic acids is 2. The van der Waals surface area contributed by atoms with Crippen molar-refractivity contribution in [3.8, 4) is 11.4 Å². The van der Waals surface area contributed by atoms with Crippen LogP contribution in [0.1, 0.15) is 17.4 Å². The third kappa shape index (κ3) is 4.19. The highest BCUT2D eigenvalue weighted by molar-refractivity contribution is 9.10. The van der Waals surface area contributed by atoms with Crippen molar-refractivity contribution in [2.24, 2.45) is 0 Å². The highest BCUT2D eigenvalue weighted by Gasteiger charge is 2.17. The Balaban J connectivity index is 2.29. The van der Waals surface area contributed by atoms with Crippen LogP contribution in [-0.2, 0) is 9.53 Å². The molecular weight excluding hydrogens is 382 g/mol. The summed E-state index contributed by atoms with van der Waals surface area (Å²) >= 11 is 3.28. The number of halogens is 1. The van der Waals surface area contributed by atoms with Crippen LogP contribution in [0.5, 0.6) is 5.75 Å². The second-order valence-electron chi connectivity index (χ2n) is 4.59. The quantitative estimate of drug-likeness (QED) is 0.730. The number of rotatable bonds is 5. The van der Waals surface area contributed by atoms with Gasteiger partial charge < -0.3 is 15.2 Å². The van der Waals surface area contributed by atoms with E-state index >= 15 is 0 Å². The summed E-state index contributed by atoms with van der Waals surface area (Å²) in [5.41, 5.74) is -0.554. The van der Waals surface area contributed by atoms with E-state index < -0.39 is 23.2 Å². The lowest BCUT2D eigenvalue weighted by Gasteiger charge is -2.09. The Morgan fingerprint density at radius 1 is 1.33 bits per heavy atom. The van der Waals surface area contributed by atoms with Gasteiger partial charge in [0.25, 0.3) is 11.5 Å². The highest BCUT2D eigenvalue weighted by Crippen LogP contribution is 2.15. The van der Waals surface area contributed by atoms with Crippen molar-refractivity contribution in [1.29, 1.82) is 0 Å². The first kappa shape index (κ1) is 17.7. The van der Waals surface area contributed by atoms with Gasteiger partial charge >= 0.3 is 5.97 Å². The predicted molar refractivity (Wildman–Crippen MR) is 88.2 cm³/mol. The lowest BCUT2D eigenvalue weighted by molar-refractivity contribution is -0.141. The van der Waals surface area contributed by atoms with Gasteiger partial charge in [-0.25, -0.2) is 0 Å². The van der Waals surface area contributed by atoms with Gasteiger partial charge in [-0.1, -0.05) is 15.9 Å². The van der Waals surface area contributed by atoms with Crippen molar-refractivity contribution >= 4 is 27.8 Å². The maximum Gasteiger partial charge on any atom is 0.325 e. The molecule has 0 saturated heterocycles. The normalized spacial score (nSPS) is 10.2. The number of aromatic hydroxyl groups is 1. The fourth-order valence-corrected chi connectivity index (χ4v) is 2.09. The zero-order valence-corrected chi connectivity index (χ0v) is 14.2. The molecule has 9 heteroatoms. The molecular formula is C15H14BrN3O5. The first-order valence-corrected chi connectivity index (χ1v) is 7.74. The summed E-state index contributed by atoms with van der Waals surface area (Å²) in [6.45, 7) is 1.46. The van der Waals surface area contributed by atoms with E-state index in [0.29, 0.717) is 5.69 Å². The van der Waals surface area contributed by atoms with Crippen LogP contribution < -0.4 is 10.9 Å². The zero-order valence-electron chi connectivity index (χ0n) is 12.7. The summed E-state index contributed by atoms with van der Waals surface area (Å²) in [5, 5.41) is 15.9. The summed E-state index contributed by atoms with van der Waals surface area (Å²) < 4.78 is 6.47. The summed E-state index contributed by atoms with van der Waals surface area (Å²) in [7, 11) is 0. The molecule has 1 amide bonds. The van der Waals surface area contributed by atoms with Gasteiger partial charge in [0.2, 0.25) is 0 Å². The number of carbonyl (C=O) groups is 2. The number of nitrogens with zero attached hydrogens (tertiary/aromatic N) is 2. The van der Waals surface area contributed by atoms with E-state index in [1.54, 1.807) is 31.2 Å². The molecule has 0 unspecified atom stereocenters. The van der Waals surface area contributed by atoms with Gasteiger partial charge in [-0.2, -0.15) is 9.78 Å². The Labute approximate surface area is 145 Å². The maximum atomic E-state index is 12.1. The minimum Gasteiger partial charge on any atom is -0.505 e. The van der Waals surface area contributed by atoms with E-state index in [0.717, 1.165) is 15.2 Å². The van der Waals surface area contributed by atoms with Crippen LogP contribution in [0.2, 0.25) is 0 Å². The Kier molecular flexibility index (Phi) is 5.69. The van der Waals surface area contributed by atoms with Gasteiger partial charge in [0.05, 0.1) is 12.3 Å². The Bertz CT molecular complexity index is 817. The third-order valence-electron chi connectivity index (χ3n) is 2.90. The Hall–Kier alpha value is -2.68. The molecule has 1 aromatic heterocycles. The van der Waals surface area contributed by atoms with Crippen LogP contribution in [0.4, 0.5) is 0 Å². The van der Waals surface area contributed by atoms with Crippen LogP contribution in [0, 0.1) is 0 Å². The lowest BCUT2D eigenvalue weighted by atomic mass is 10.3. The second kappa shape index (κ2) is 7.73. The predicted octanol–water partition coefficient (Wildman–Crippen LogP) is 0.993. The molecule has 2 N–H and O–H groups in total. The number of nitrogens with one attached hydrogen (secondary N) is 1. The van der Waals surface area contributed by atoms with Crippen molar-refractivity contribution in [3.05, 3.63) is 50.9 Å². The molecule has 2 rings (SSSR count). The molecule has 0 spiro atoms. The highest BCUT2D eigenvalue weighted by atomic mass is 79.9. The van der Waals surface area contributed by atoms with Crippen molar-refractivity contribution in [3.63, 3.8) is 0 Å². The Morgan fingerprint density at radius 2 is 2.00 bits per heavy atom. The summed E-state index contributed by atoms with van der Waals surface area (Å²) in [6.07, 6.45) is 0. The van der Waals surface area contributed by atoms with Gasteiger partial charge in [-0.3, -0.25) is 14.4 Å². The molecule has 0 saturated carbocycles. The monoisotopic (exact) mass is 395 g/mol. The fourth-order valence-electron chi connectivity index (χ4n) is 1.82. The number of ether oxygens (including phenoxy) is 1. The number of esters is 1. The minimum absolute atomic E-state index is 0.187.